The molecule has 0 aliphatic heterocycles. The fourth-order valence-corrected chi connectivity index (χ4v) is 5.20. The highest BCUT2D eigenvalue weighted by molar-refractivity contribution is 5.94. The molecule has 0 saturated heterocycles. The summed E-state index contributed by atoms with van der Waals surface area (Å²) in [7, 11) is 0. The van der Waals surface area contributed by atoms with Crippen LogP contribution in [0, 0.1) is 23.2 Å². The average molecular weight is 439 g/mol. The highest BCUT2D eigenvalue weighted by Gasteiger charge is 2.83. The van der Waals surface area contributed by atoms with Crippen LogP contribution in [0.5, 0.6) is 0 Å². The number of alkyl carbamates (subject to hydrolysis) is 1. The van der Waals surface area contributed by atoms with Gasteiger partial charge in [0.25, 0.3) is 0 Å². The van der Waals surface area contributed by atoms with Gasteiger partial charge in [-0.15, -0.1) is 0 Å². The topological polar surface area (TPSA) is 120 Å². The number of esters is 2. The third-order valence-electron chi connectivity index (χ3n) is 6.49. The molecule has 0 heterocycles. The minimum absolute atomic E-state index is 0.00498. The van der Waals surface area contributed by atoms with Crippen molar-refractivity contribution in [2.24, 2.45) is 23.2 Å². The predicted molar refractivity (Wildman–Crippen MR) is 110 cm³/mol. The number of hydrogen-bond acceptors (Lipinski definition) is 7. The van der Waals surface area contributed by atoms with E-state index in [1.54, 1.807) is 34.6 Å². The molecule has 9 nitrogen and oxygen atoms in total. The summed E-state index contributed by atoms with van der Waals surface area (Å²) in [5.74, 6) is -2.15. The lowest BCUT2D eigenvalue weighted by Gasteiger charge is -2.33. The Morgan fingerprint density at radius 3 is 2.16 bits per heavy atom. The molecule has 9 heteroatoms. The largest absolute Gasteiger partial charge is 0.466 e. The highest BCUT2D eigenvalue weighted by atomic mass is 16.6. The van der Waals surface area contributed by atoms with Crippen LogP contribution >= 0.6 is 0 Å². The van der Waals surface area contributed by atoms with Crippen molar-refractivity contribution in [3.8, 4) is 0 Å². The van der Waals surface area contributed by atoms with Gasteiger partial charge in [-0.05, 0) is 72.1 Å². The molecule has 2 N–H and O–H groups in total. The Morgan fingerprint density at radius 2 is 1.65 bits per heavy atom. The SMILES string of the molecule is CCOC(=O)C1C2C1C(NC(=O)C(C)NC(=O)OC(C)(C)C)(C(=O)OCC)CC21CC1. The first kappa shape index (κ1) is 23.3. The van der Waals surface area contributed by atoms with Crippen LogP contribution in [0.25, 0.3) is 0 Å². The summed E-state index contributed by atoms with van der Waals surface area (Å²) in [6, 6.07) is -0.935. The van der Waals surface area contributed by atoms with Crippen molar-refractivity contribution in [2.45, 2.75) is 78.0 Å². The number of amides is 2. The van der Waals surface area contributed by atoms with E-state index in [0.29, 0.717) is 6.42 Å². The summed E-state index contributed by atoms with van der Waals surface area (Å²) in [6.45, 7) is 10.6. The zero-order valence-corrected chi connectivity index (χ0v) is 19.2. The molecule has 174 valence electrons. The lowest BCUT2D eigenvalue weighted by Crippen LogP contribution is -2.61. The molecule has 5 unspecified atom stereocenters. The second-order valence-corrected chi connectivity index (χ2v) is 9.92. The lowest BCUT2D eigenvalue weighted by molar-refractivity contribution is -0.156. The van der Waals surface area contributed by atoms with Crippen LogP contribution in [0.1, 0.15) is 60.8 Å². The first-order chi connectivity index (χ1) is 14.4. The molecule has 3 aliphatic carbocycles. The minimum Gasteiger partial charge on any atom is -0.466 e. The van der Waals surface area contributed by atoms with Gasteiger partial charge >= 0.3 is 18.0 Å². The minimum atomic E-state index is -1.30. The van der Waals surface area contributed by atoms with Crippen molar-refractivity contribution in [1.82, 2.24) is 10.6 Å². The second kappa shape index (κ2) is 7.98. The summed E-state index contributed by atoms with van der Waals surface area (Å²) in [4.78, 5) is 50.7. The molecule has 0 bridgehead atoms. The van der Waals surface area contributed by atoms with Gasteiger partial charge in [0.15, 0.2) is 0 Å². The zero-order valence-electron chi connectivity index (χ0n) is 19.2. The van der Waals surface area contributed by atoms with Gasteiger partial charge in [-0.3, -0.25) is 9.59 Å². The third kappa shape index (κ3) is 4.36. The van der Waals surface area contributed by atoms with E-state index in [2.05, 4.69) is 10.6 Å². The zero-order chi connectivity index (χ0) is 23.2. The van der Waals surface area contributed by atoms with Crippen LogP contribution in [-0.2, 0) is 28.6 Å². The Hall–Kier alpha value is -2.32. The first-order valence-corrected chi connectivity index (χ1v) is 11.1. The van der Waals surface area contributed by atoms with Crippen LogP contribution in [0.15, 0.2) is 0 Å². The summed E-state index contributed by atoms with van der Waals surface area (Å²) in [6.07, 6.45) is 1.54. The smallest absolute Gasteiger partial charge is 0.408 e. The Balaban J connectivity index is 1.79. The average Bonchev–Trinajstić information content (AvgIpc) is 3.52. The Bertz CT molecular complexity index is 770. The normalized spacial score (nSPS) is 30.6. The monoisotopic (exact) mass is 438 g/mol. The molecule has 3 fully saturated rings. The van der Waals surface area contributed by atoms with Crippen LogP contribution in [0.2, 0.25) is 0 Å². The standard InChI is InChI=1S/C22H34N2O7/c1-7-29-17(26)13-14-15(13)22(18(27)30-8-2,11-21(14)9-10-21)24-16(25)12(3)23-19(28)31-20(4,5)6/h12-15H,7-11H2,1-6H3,(H,23,28)(H,24,25). The molecular formula is C22H34N2O7. The number of rotatable bonds is 7. The molecule has 3 saturated carbocycles. The van der Waals surface area contributed by atoms with Gasteiger partial charge in [0.2, 0.25) is 5.91 Å². The Labute approximate surface area is 182 Å². The van der Waals surface area contributed by atoms with Crippen molar-refractivity contribution in [1.29, 1.82) is 0 Å². The second-order valence-electron chi connectivity index (χ2n) is 9.92. The number of ether oxygens (including phenoxy) is 3. The molecule has 5 atom stereocenters. The van der Waals surface area contributed by atoms with E-state index in [1.807, 2.05) is 0 Å². The van der Waals surface area contributed by atoms with Gasteiger partial charge in [-0.2, -0.15) is 0 Å². The van der Waals surface area contributed by atoms with Crippen molar-refractivity contribution in [2.75, 3.05) is 13.2 Å². The summed E-state index contributed by atoms with van der Waals surface area (Å²) >= 11 is 0. The van der Waals surface area contributed by atoms with E-state index in [1.165, 1.54) is 6.92 Å². The summed E-state index contributed by atoms with van der Waals surface area (Å²) < 4.78 is 15.8. The van der Waals surface area contributed by atoms with Gasteiger partial charge in [0.1, 0.15) is 17.2 Å². The van der Waals surface area contributed by atoms with Crippen LogP contribution in [-0.4, -0.2) is 54.3 Å². The molecular weight excluding hydrogens is 404 g/mol. The molecule has 3 aliphatic rings. The number of carbonyl (C=O) groups is 4. The molecule has 0 radical (unpaired) electrons. The summed E-state index contributed by atoms with van der Waals surface area (Å²) in [5.41, 5.74) is -2.14. The van der Waals surface area contributed by atoms with Crippen LogP contribution < -0.4 is 10.6 Å². The van der Waals surface area contributed by atoms with Crippen molar-refractivity contribution >= 4 is 23.9 Å². The fourth-order valence-electron chi connectivity index (χ4n) is 5.20. The van der Waals surface area contributed by atoms with Gasteiger partial charge in [0.05, 0.1) is 19.1 Å². The molecule has 1 spiro atoms. The third-order valence-corrected chi connectivity index (χ3v) is 6.49. The van der Waals surface area contributed by atoms with Crippen molar-refractivity contribution < 1.29 is 33.4 Å². The van der Waals surface area contributed by atoms with E-state index in [0.717, 1.165) is 12.8 Å². The molecule has 3 rings (SSSR count). The maximum atomic E-state index is 13.1. The quantitative estimate of drug-likeness (QED) is 0.460. The fraction of sp³-hybridized carbons (Fsp3) is 0.818. The van der Waals surface area contributed by atoms with Crippen LogP contribution in [0.4, 0.5) is 4.79 Å². The number of carbonyl (C=O) groups excluding carboxylic acids is 4. The molecule has 0 aromatic rings. The Kier molecular flexibility index (Phi) is 6.01. The van der Waals surface area contributed by atoms with Gasteiger partial charge in [-0.1, -0.05) is 0 Å². The molecule has 0 aromatic carbocycles. The first-order valence-electron chi connectivity index (χ1n) is 11.1. The van der Waals surface area contributed by atoms with Crippen molar-refractivity contribution in [3.63, 3.8) is 0 Å². The predicted octanol–water partition coefficient (Wildman–Crippen LogP) is 1.93. The summed E-state index contributed by atoms with van der Waals surface area (Å²) in [5, 5.41) is 5.37. The number of hydrogen-bond donors (Lipinski definition) is 2. The van der Waals surface area contributed by atoms with Gasteiger partial charge < -0.3 is 24.8 Å². The molecule has 0 aromatic heterocycles. The van der Waals surface area contributed by atoms with E-state index < -0.39 is 41.1 Å². The molecule has 31 heavy (non-hydrogen) atoms. The van der Waals surface area contributed by atoms with Gasteiger partial charge in [-0.25, -0.2) is 9.59 Å². The van der Waals surface area contributed by atoms with E-state index in [9.17, 15) is 19.2 Å². The van der Waals surface area contributed by atoms with E-state index in [-0.39, 0.29) is 36.4 Å². The number of fused-ring (bicyclic) bond motifs is 2. The van der Waals surface area contributed by atoms with E-state index >= 15 is 0 Å². The Morgan fingerprint density at radius 1 is 1.03 bits per heavy atom. The van der Waals surface area contributed by atoms with Gasteiger partial charge in [0, 0.05) is 5.92 Å². The maximum absolute atomic E-state index is 13.1. The maximum Gasteiger partial charge on any atom is 0.408 e. The number of nitrogens with one attached hydrogen (secondary N) is 2. The molecule has 2 amide bonds. The highest BCUT2D eigenvalue weighted by Crippen LogP contribution is 2.79. The lowest BCUT2D eigenvalue weighted by atomic mass is 9.84. The van der Waals surface area contributed by atoms with E-state index in [4.69, 9.17) is 14.2 Å². The van der Waals surface area contributed by atoms with Crippen molar-refractivity contribution in [3.05, 3.63) is 0 Å². The van der Waals surface area contributed by atoms with Crippen LogP contribution in [0.3, 0.4) is 0 Å².